The molecule has 0 saturated carbocycles. The van der Waals surface area contributed by atoms with E-state index in [1.54, 1.807) is 7.05 Å². The van der Waals surface area contributed by atoms with Crippen molar-refractivity contribution in [3.05, 3.63) is 0 Å². The van der Waals surface area contributed by atoms with Crippen molar-refractivity contribution in [2.24, 2.45) is 5.92 Å². The predicted octanol–water partition coefficient (Wildman–Crippen LogP) is 4.78. The third-order valence-electron chi connectivity index (χ3n) is 4.04. The van der Waals surface area contributed by atoms with Crippen molar-refractivity contribution in [2.75, 3.05) is 20.3 Å². The van der Waals surface area contributed by atoms with E-state index >= 15 is 0 Å². The Bertz CT molecular complexity index is 344. The molecule has 0 saturated heterocycles. The highest BCUT2D eigenvalue weighted by Crippen LogP contribution is 2.13. The van der Waals surface area contributed by atoms with E-state index in [1.165, 1.54) is 4.90 Å². The molecule has 1 amide bonds. The number of hydrogen-bond donors (Lipinski definition) is 0. The summed E-state index contributed by atoms with van der Waals surface area (Å²) in [6.45, 7) is 8.93. The number of unbranched alkanes of at least 4 members (excludes halogenated alkanes) is 6. The Hall–Kier alpha value is -1.26. The summed E-state index contributed by atoms with van der Waals surface area (Å²) < 4.78 is 10.6. The fourth-order valence-electron chi connectivity index (χ4n) is 2.57. The van der Waals surface area contributed by atoms with Gasteiger partial charge in [0, 0.05) is 7.05 Å². The highest BCUT2D eigenvalue weighted by atomic mass is 16.6. The fraction of sp³-hybridized carbons (Fsp3) is 0.895. The number of carbonyl (C=O) groups is 2. The number of ether oxygens (including phenoxy) is 2. The van der Waals surface area contributed by atoms with Crippen molar-refractivity contribution in [1.29, 1.82) is 0 Å². The molecule has 0 aliphatic rings. The van der Waals surface area contributed by atoms with E-state index in [1.807, 2.05) is 13.8 Å². The van der Waals surface area contributed by atoms with Gasteiger partial charge in [-0.25, -0.2) is 9.59 Å². The van der Waals surface area contributed by atoms with Gasteiger partial charge < -0.3 is 9.47 Å². The van der Waals surface area contributed by atoms with Gasteiger partial charge in [-0.2, -0.15) is 0 Å². The summed E-state index contributed by atoms with van der Waals surface area (Å²) in [6.07, 6.45) is 7.99. The van der Waals surface area contributed by atoms with Crippen LogP contribution in [0.4, 0.5) is 4.79 Å². The molecule has 5 heteroatoms. The quantitative estimate of drug-likeness (QED) is 0.356. The minimum Gasteiger partial charge on any atom is -0.464 e. The van der Waals surface area contributed by atoms with E-state index in [0.717, 1.165) is 51.4 Å². The Labute approximate surface area is 148 Å². The van der Waals surface area contributed by atoms with Crippen LogP contribution in [-0.4, -0.2) is 43.3 Å². The van der Waals surface area contributed by atoms with E-state index in [4.69, 9.17) is 9.47 Å². The Balaban J connectivity index is 4.30. The molecule has 142 valence electrons. The molecule has 0 rings (SSSR count). The Kier molecular flexibility index (Phi) is 13.4. The van der Waals surface area contributed by atoms with Crippen molar-refractivity contribution in [2.45, 2.75) is 85.1 Å². The summed E-state index contributed by atoms with van der Waals surface area (Å²) in [4.78, 5) is 25.8. The van der Waals surface area contributed by atoms with Crippen molar-refractivity contribution >= 4 is 12.1 Å². The number of esters is 1. The third kappa shape index (κ3) is 9.78. The van der Waals surface area contributed by atoms with E-state index < -0.39 is 12.1 Å². The first-order valence-electron chi connectivity index (χ1n) is 9.51. The third-order valence-corrected chi connectivity index (χ3v) is 4.04. The van der Waals surface area contributed by atoms with Crippen LogP contribution in [0.25, 0.3) is 0 Å². The summed E-state index contributed by atoms with van der Waals surface area (Å²) in [6, 6.07) is -0.598. The molecule has 0 aromatic carbocycles. The second kappa shape index (κ2) is 14.1. The van der Waals surface area contributed by atoms with Gasteiger partial charge in [0.25, 0.3) is 0 Å². The number of rotatable bonds is 13. The van der Waals surface area contributed by atoms with Crippen LogP contribution in [0.3, 0.4) is 0 Å². The minimum atomic E-state index is -0.598. The normalized spacial score (nSPS) is 12.1. The van der Waals surface area contributed by atoms with Crippen LogP contribution in [0.5, 0.6) is 0 Å². The standard InChI is InChI=1S/C19H37NO4/c1-6-8-10-12-14-23-18(21)17(16(3)4)20(5)19(22)24-15-13-11-9-7-2/h16-17H,6-15H2,1-5H3. The summed E-state index contributed by atoms with van der Waals surface area (Å²) in [5.74, 6) is -0.363. The number of hydrogen-bond acceptors (Lipinski definition) is 4. The maximum atomic E-state index is 12.3. The van der Waals surface area contributed by atoms with Crippen LogP contribution in [0.1, 0.15) is 79.1 Å². The van der Waals surface area contributed by atoms with E-state index in [-0.39, 0.29) is 11.9 Å². The summed E-state index contributed by atoms with van der Waals surface area (Å²) in [5, 5.41) is 0. The van der Waals surface area contributed by atoms with Crippen molar-refractivity contribution in [3.8, 4) is 0 Å². The number of nitrogens with zero attached hydrogens (tertiary/aromatic N) is 1. The van der Waals surface area contributed by atoms with Crippen LogP contribution < -0.4 is 0 Å². The van der Waals surface area contributed by atoms with E-state index in [0.29, 0.717) is 13.2 Å². The molecule has 0 fully saturated rings. The van der Waals surface area contributed by atoms with Gasteiger partial charge >= 0.3 is 12.1 Å². The van der Waals surface area contributed by atoms with E-state index in [2.05, 4.69) is 13.8 Å². The van der Waals surface area contributed by atoms with Crippen molar-refractivity contribution in [1.82, 2.24) is 4.90 Å². The second-order valence-electron chi connectivity index (χ2n) is 6.70. The Morgan fingerprint density at radius 3 is 1.79 bits per heavy atom. The van der Waals surface area contributed by atoms with Crippen LogP contribution in [0.2, 0.25) is 0 Å². The maximum Gasteiger partial charge on any atom is 0.410 e. The van der Waals surface area contributed by atoms with Gasteiger partial charge in [-0.05, 0) is 18.8 Å². The van der Waals surface area contributed by atoms with Crippen LogP contribution in [0.15, 0.2) is 0 Å². The molecule has 24 heavy (non-hydrogen) atoms. The second-order valence-corrected chi connectivity index (χ2v) is 6.70. The molecule has 1 unspecified atom stereocenters. The topological polar surface area (TPSA) is 55.8 Å². The lowest BCUT2D eigenvalue weighted by molar-refractivity contribution is -0.150. The summed E-state index contributed by atoms with van der Waals surface area (Å²) >= 11 is 0. The zero-order valence-electron chi connectivity index (χ0n) is 16.3. The minimum absolute atomic E-state index is 0.0224. The smallest absolute Gasteiger partial charge is 0.410 e. The van der Waals surface area contributed by atoms with Crippen LogP contribution >= 0.6 is 0 Å². The molecule has 0 bridgehead atoms. The maximum absolute atomic E-state index is 12.3. The van der Waals surface area contributed by atoms with Gasteiger partial charge in [-0.15, -0.1) is 0 Å². The number of amides is 1. The van der Waals surface area contributed by atoms with Crippen LogP contribution in [0, 0.1) is 5.92 Å². The lowest BCUT2D eigenvalue weighted by atomic mass is 10.0. The average Bonchev–Trinajstić information content (AvgIpc) is 2.54. The molecular formula is C19H37NO4. The predicted molar refractivity (Wildman–Crippen MR) is 97.0 cm³/mol. The van der Waals surface area contributed by atoms with Crippen molar-refractivity contribution < 1.29 is 19.1 Å². The molecule has 1 atom stereocenters. The molecule has 5 nitrogen and oxygen atoms in total. The van der Waals surface area contributed by atoms with Crippen LogP contribution in [-0.2, 0) is 14.3 Å². The van der Waals surface area contributed by atoms with E-state index in [9.17, 15) is 9.59 Å². The summed E-state index contributed by atoms with van der Waals surface area (Å²) in [7, 11) is 1.61. The van der Waals surface area contributed by atoms with Gasteiger partial charge in [-0.1, -0.05) is 66.2 Å². The Morgan fingerprint density at radius 2 is 1.33 bits per heavy atom. The Morgan fingerprint density at radius 1 is 0.833 bits per heavy atom. The molecular weight excluding hydrogens is 306 g/mol. The molecule has 0 heterocycles. The molecule has 0 aromatic heterocycles. The number of likely N-dealkylation sites (N-methyl/N-ethyl adjacent to an activating group) is 1. The molecule has 0 aromatic rings. The highest BCUT2D eigenvalue weighted by molar-refractivity contribution is 5.81. The zero-order chi connectivity index (χ0) is 18.4. The van der Waals surface area contributed by atoms with Gasteiger partial charge in [0.15, 0.2) is 0 Å². The number of carbonyl (C=O) groups excluding carboxylic acids is 2. The zero-order valence-corrected chi connectivity index (χ0v) is 16.3. The molecule has 0 aliphatic heterocycles. The highest BCUT2D eigenvalue weighted by Gasteiger charge is 2.32. The lowest BCUT2D eigenvalue weighted by Crippen LogP contribution is -2.46. The van der Waals surface area contributed by atoms with Gasteiger partial charge in [0.2, 0.25) is 0 Å². The summed E-state index contributed by atoms with van der Waals surface area (Å²) in [5.41, 5.74) is 0. The first kappa shape index (κ1) is 22.7. The SMILES string of the molecule is CCCCCCOC(=O)C(C(C)C)N(C)C(=O)OCCCCCC. The van der Waals surface area contributed by atoms with Gasteiger partial charge in [0.1, 0.15) is 6.04 Å². The largest absolute Gasteiger partial charge is 0.464 e. The monoisotopic (exact) mass is 343 g/mol. The molecule has 0 radical (unpaired) electrons. The van der Waals surface area contributed by atoms with Gasteiger partial charge in [-0.3, -0.25) is 4.90 Å². The molecule has 0 aliphatic carbocycles. The fourth-order valence-corrected chi connectivity index (χ4v) is 2.57. The average molecular weight is 344 g/mol. The molecule has 0 spiro atoms. The lowest BCUT2D eigenvalue weighted by Gasteiger charge is -2.28. The van der Waals surface area contributed by atoms with Gasteiger partial charge in [0.05, 0.1) is 13.2 Å². The first-order chi connectivity index (χ1) is 11.5. The van der Waals surface area contributed by atoms with Crippen molar-refractivity contribution in [3.63, 3.8) is 0 Å². The molecule has 0 N–H and O–H groups in total. The first-order valence-corrected chi connectivity index (χ1v) is 9.51.